The Bertz CT molecular complexity index is 1780. The minimum absolute atomic E-state index is 0.169. The van der Waals surface area contributed by atoms with E-state index in [2.05, 4.69) is 172 Å². The molecule has 0 rings (SSSR count). The summed E-state index contributed by atoms with van der Waals surface area (Å²) in [5, 5.41) is 9.69. The van der Waals surface area contributed by atoms with Crippen molar-refractivity contribution >= 4 is 17.9 Å². The van der Waals surface area contributed by atoms with Crippen molar-refractivity contribution in [3.05, 3.63) is 158 Å². The molecule has 0 aliphatic carbocycles. The van der Waals surface area contributed by atoms with Crippen molar-refractivity contribution in [1.29, 1.82) is 0 Å². The van der Waals surface area contributed by atoms with E-state index in [1.54, 1.807) is 0 Å². The van der Waals surface area contributed by atoms with Gasteiger partial charge in [0.15, 0.2) is 6.10 Å². The minimum atomic E-state index is -1.53. The topological polar surface area (TPSA) is 108 Å². The quantitative estimate of drug-likeness (QED) is 0.0211. The van der Waals surface area contributed by atoms with Crippen LogP contribution in [0.4, 0.5) is 0 Å². The van der Waals surface area contributed by atoms with Gasteiger partial charge < -0.3 is 28.5 Å². The summed E-state index contributed by atoms with van der Waals surface area (Å²) in [5.41, 5.74) is 0. The maximum absolute atomic E-state index is 12.9. The normalized spacial score (nSPS) is 14.0. The molecule has 0 aromatic rings. The molecule has 0 saturated heterocycles. The molecule has 0 spiro atoms. The van der Waals surface area contributed by atoms with Crippen molar-refractivity contribution in [2.75, 3.05) is 47.5 Å². The molecule has 0 aromatic heterocycles. The van der Waals surface area contributed by atoms with Crippen molar-refractivity contribution in [3.63, 3.8) is 0 Å². The summed E-state index contributed by atoms with van der Waals surface area (Å²) in [7, 11) is 5.93. The Morgan fingerprint density at radius 1 is 0.400 bits per heavy atom. The lowest BCUT2D eigenvalue weighted by atomic mass is 10.1. The first kappa shape index (κ1) is 69.9. The van der Waals surface area contributed by atoms with Crippen molar-refractivity contribution in [2.24, 2.45) is 0 Å². The molecular formula is C66H104NO8+. The van der Waals surface area contributed by atoms with Crippen LogP contribution in [0.5, 0.6) is 0 Å². The number of quaternary nitrogens is 1. The number of carbonyl (C=O) groups is 3. The Balaban J connectivity index is 4.30. The Morgan fingerprint density at radius 2 is 0.720 bits per heavy atom. The van der Waals surface area contributed by atoms with Crippen molar-refractivity contribution in [3.8, 4) is 0 Å². The van der Waals surface area contributed by atoms with E-state index in [9.17, 15) is 19.5 Å². The molecule has 9 nitrogen and oxygen atoms in total. The van der Waals surface area contributed by atoms with Crippen molar-refractivity contribution < 1.29 is 42.9 Å². The van der Waals surface area contributed by atoms with Gasteiger partial charge in [0.05, 0.1) is 34.4 Å². The number of allylic oxidation sites excluding steroid dienone is 26. The van der Waals surface area contributed by atoms with Gasteiger partial charge in [0.2, 0.25) is 0 Å². The number of aliphatic carboxylic acids is 1. The van der Waals surface area contributed by atoms with Gasteiger partial charge >= 0.3 is 17.9 Å². The fraction of sp³-hybridized carbons (Fsp3) is 0.561. The number of hydrogen-bond acceptors (Lipinski definition) is 7. The van der Waals surface area contributed by atoms with E-state index < -0.39 is 30.3 Å². The predicted molar refractivity (Wildman–Crippen MR) is 317 cm³/mol. The molecule has 0 aromatic carbocycles. The van der Waals surface area contributed by atoms with Crippen LogP contribution in [-0.2, 0) is 33.3 Å². The highest BCUT2D eigenvalue weighted by Gasteiger charge is 2.25. The SMILES string of the molecule is CC/C=C\C/C=C\C/C=C\C/C=C\C/C=C\C/C=C\C/C=C\C/C=C\C/C=C\CCCCCCCCCC(=O)OC(COC(=O)CCCC/C=C\C/C=C\C/C=C\C/C=C\CC)COC(OCC[N+](C)(C)C)C(=O)O. The van der Waals surface area contributed by atoms with Gasteiger partial charge in [0.1, 0.15) is 13.2 Å². The number of rotatable bonds is 50. The van der Waals surface area contributed by atoms with E-state index in [0.29, 0.717) is 23.9 Å². The first-order valence-electron chi connectivity index (χ1n) is 28.6. The van der Waals surface area contributed by atoms with E-state index in [-0.39, 0.29) is 32.7 Å². The monoisotopic (exact) mass is 1040 g/mol. The van der Waals surface area contributed by atoms with E-state index in [1.165, 1.54) is 19.3 Å². The smallest absolute Gasteiger partial charge is 0.361 e. The summed E-state index contributed by atoms with van der Waals surface area (Å²) in [5.74, 6) is -2.10. The molecule has 0 aliphatic rings. The molecule has 0 bridgehead atoms. The number of carboxylic acids is 1. The zero-order chi connectivity index (χ0) is 54.8. The van der Waals surface area contributed by atoms with Gasteiger partial charge in [-0.1, -0.05) is 204 Å². The molecular weight excluding hydrogens is 935 g/mol. The number of nitrogens with zero attached hydrogens (tertiary/aromatic N) is 1. The molecule has 420 valence electrons. The fourth-order valence-corrected chi connectivity index (χ4v) is 6.94. The number of hydrogen-bond donors (Lipinski definition) is 1. The summed E-state index contributed by atoms with van der Waals surface area (Å²) in [6, 6.07) is 0. The summed E-state index contributed by atoms with van der Waals surface area (Å²) in [6.45, 7) is 4.55. The average molecular weight is 1040 g/mol. The standard InChI is InChI=1S/C66H103NO8/c1-6-8-10-12-14-16-18-20-22-23-24-25-26-27-28-29-30-31-32-33-34-35-36-37-38-39-40-41-43-45-47-49-51-53-55-57-64(69)75-62(61-74-66(65(70)71)72-59-58-67(3,4)5)60-73-63(68)56-54-52-50-48-46-44-42-21-19-17-15-13-11-9-7-2/h8-11,14-17,20-22,24-25,27-28,30-31,33-34,36-37,39-40,42,46,48,62,66H,6-7,12-13,18-19,23,26,29,32,35,38,41,43-45,47,49-61H2,1-5H3/p+1/b10-8-,11-9-,16-14-,17-15-,22-20-,25-24-,28-27-,31-30-,34-33-,37-36-,40-39-,42-21-,48-46-. The van der Waals surface area contributed by atoms with Gasteiger partial charge in [-0.3, -0.25) is 9.59 Å². The summed E-state index contributed by atoms with van der Waals surface area (Å²) in [6.07, 6.45) is 79.0. The first-order chi connectivity index (χ1) is 36.6. The van der Waals surface area contributed by atoms with E-state index >= 15 is 0 Å². The summed E-state index contributed by atoms with van der Waals surface area (Å²) < 4.78 is 22.8. The zero-order valence-corrected chi connectivity index (χ0v) is 47.6. The van der Waals surface area contributed by atoms with Gasteiger partial charge in [0, 0.05) is 12.8 Å². The second-order valence-corrected chi connectivity index (χ2v) is 19.5. The number of likely N-dealkylation sites (N-methyl/N-ethyl adjacent to an activating group) is 1. The summed E-state index contributed by atoms with van der Waals surface area (Å²) >= 11 is 0. The largest absolute Gasteiger partial charge is 0.477 e. The van der Waals surface area contributed by atoms with Gasteiger partial charge in [-0.2, -0.15) is 0 Å². The maximum atomic E-state index is 12.9. The molecule has 2 atom stereocenters. The first-order valence-corrected chi connectivity index (χ1v) is 28.6. The molecule has 0 amide bonds. The molecule has 1 N–H and O–H groups in total. The van der Waals surface area contributed by atoms with Crippen molar-refractivity contribution in [1.82, 2.24) is 0 Å². The Labute approximate surface area is 457 Å². The number of esters is 2. The van der Waals surface area contributed by atoms with Gasteiger partial charge in [-0.15, -0.1) is 0 Å². The molecule has 0 saturated carbocycles. The third-order valence-corrected chi connectivity index (χ3v) is 11.3. The molecule has 75 heavy (non-hydrogen) atoms. The van der Waals surface area contributed by atoms with E-state index in [1.807, 2.05) is 21.1 Å². The molecule has 0 fully saturated rings. The third kappa shape index (κ3) is 56.5. The third-order valence-electron chi connectivity index (χ3n) is 11.3. The highest BCUT2D eigenvalue weighted by molar-refractivity contribution is 5.71. The molecule has 2 unspecified atom stereocenters. The lowest BCUT2D eigenvalue weighted by Gasteiger charge is -2.25. The highest BCUT2D eigenvalue weighted by atomic mass is 16.7. The maximum Gasteiger partial charge on any atom is 0.361 e. The Hall–Kier alpha value is -5.09. The molecule has 0 radical (unpaired) electrons. The van der Waals surface area contributed by atoms with Crippen LogP contribution in [0, 0.1) is 0 Å². The van der Waals surface area contributed by atoms with E-state index in [0.717, 1.165) is 122 Å². The number of unbranched alkanes of at least 4 members (excludes halogenated alkanes) is 9. The second kappa shape index (κ2) is 55.2. The van der Waals surface area contributed by atoms with Crippen molar-refractivity contribution in [2.45, 2.75) is 193 Å². The van der Waals surface area contributed by atoms with Gasteiger partial charge in [0.25, 0.3) is 6.29 Å². The fourth-order valence-electron chi connectivity index (χ4n) is 6.94. The minimum Gasteiger partial charge on any atom is -0.477 e. The van der Waals surface area contributed by atoms with Crippen LogP contribution in [0.3, 0.4) is 0 Å². The lowest BCUT2D eigenvalue weighted by Crippen LogP contribution is -2.40. The molecule has 0 aliphatic heterocycles. The van der Waals surface area contributed by atoms with Crippen LogP contribution in [0.2, 0.25) is 0 Å². The van der Waals surface area contributed by atoms with Crippen LogP contribution >= 0.6 is 0 Å². The molecule has 0 heterocycles. The number of ether oxygens (including phenoxy) is 4. The van der Waals surface area contributed by atoms with Crippen LogP contribution in [0.1, 0.15) is 181 Å². The van der Waals surface area contributed by atoms with E-state index in [4.69, 9.17) is 18.9 Å². The van der Waals surface area contributed by atoms with Gasteiger partial charge in [-0.25, -0.2) is 4.79 Å². The average Bonchev–Trinajstić information content (AvgIpc) is 3.38. The Kier molecular flexibility index (Phi) is 51.4. The van der Waals surface area contributed by atoms with Crippen LogP contribution in [0.25, 0.3) is 0 Å². The van der Waals surface area contributed by atoms with Crippen LogP contribution in [0.15, 0.2) is 158 Å². The van der Waals surface area contributed by atoms with Crippen LogP contribution < -0.4 is 0 Å². The lowest BCUT2D eigenvalue weighted by molar-refractivity contribution is -0.870. The number of carbonyl (C=O) groups excluding carboxylic acids is 2. The predicted octanol–water partition coefficient (Wildman–Crippen LogP) is 17.0. The second-order valence-electron chi connectivity index (χ2n) is 19.5. The van der Waals surface area contributed by atoms with Gasteiger partial charge in [-0.05, 0) is 122 Å². The van der Waals surface area contributed by atoms with Crippen LogP contribution in [-0.4, -0.2) is 87.4 Å². The highest BCUT2D eigenvalue weighted by Crippen LogP contribution is 2.13. The molecule has 9 heteroatoms. The summed E-state index contributed by atoms with van der Waals surface area (Å²) in [4.78, 5) is 37.3. The number of carboxylic acid groups (broad SMARTS) is 1. The Morgan fingerprint density at radius 3 is 1.09 bits per heavy atom. The zero-order valence-electron chi connectivity index (χ0n) is 47.6.